The molecular weight excluding hydrogens is 514 g/mol. The fourth-order valence-corrected chi connectivity index (χ4v) is 4.93. The van der Waals surface area contributed by atoms with E-state index in [-0.39, 0.29) is 17.8 Å². The molecule has 204 valence electrons. The Morgan fingerprint density at radius 1 is 1.05 bits per heavy atom. The van der Waals surface area contributed by atoms with E-state index in [9.17, 15) is 4.79 Å². The third kappa shape index (κ3) is 6.99. The summed E-state index contributed by atoms with van der Waals surface area (Å²) in [7, 11) is 2.16. The van der Waals surface area contributed by atoms with Gasteiger partial charge in [-0.15, -0.1) is 0 Å². The van der Waals surface area contributed by atoms with Gasteiger partial charge in [-0.1, -0.05) is 24.2 Å². The summed E-state index contributed by atoms with van der Waals surface area (Å²) in [5.41, 5.74) is 3.03. The second kappa shape index (κ2) is 12.4. The third-order valence-corrected chi connectivity index (χ3v) is 7.36. The molecule has 2 fully saturated rings. The summed E-state index contributed by atoms with van der Waals surface area (Å²) in [4.78, 5) is 27.2. The van der Waals surface area contributed by atoms with Crippen molar-refractivity contribution >= 4 is 40.5 Å². The molecule has 39 heavy (non-hydrogen) atoms. The number of aromatic nitrogens is 2. The van der Waals surface area contributed by atoms with Crippen molar-refractivity contribution in [2.45, 2.75) is 18.9 Å². The van der Waals surface area contributed by atoms with Crippen LogP contribution >= 0.6 is 11.6 Å². The van der Waals surface area contributed by atoms with Gasteiger partial charge >= 0.3 is 0 Å². The number of carbonyl (C=O) groups is 1. The lowest BCUT2D eigenvalue weighted by Crippen LogP contribution is -2.44. The quantitative estimate of drug-likeness (QED) is 0.381. The molecule has 0 saturated carbocycles. The minimum Gasteiger partial charge on any atom is -0.437 e. The predicted octanol–water partition coefficient (Wildman–Crippen LogP) is 5.01. The number of halogens is 1. The Kier molecular flexibility index (Phi) is 8.48. The standard InChI is InChI=1S/C29H34ClN7O2/c1-3-27(38)37-13-11-22(12-14-37)32-23-5-4-6-25(19-23)39-28-26(30)20-31-29(34-28)33-21-7-9-24(10-8-21)36-17-15-35(2)16-18-36/h3-10,19-20,22,32H,1,11-18H2,2H3,(H,31,33,34). The van der Waals surface area contributed by atoms with E-state index in [1.165, 1.54) is 18.0 Å². The van der Waals surface area contributed by atoms with Gasteiger partial charge in [0.25, 0.3) is 0 Å². The average molecular weight is 548 g/mol. The first-order valence-electron chi connectivity index (χ1n) is 13.3. The molecule has 0 unspecified atom stereocenters. The van der Waals surface area contributed by atoms with Crippen molar-refractivity contribution in [3.63, 3.8) is 0 Å². The van der Waals surface area contributed by atoms with Crippen LogP contribution in [0.4, 0.5) is 23.0 Å². The van der Waals surface area contributed by atoms with Gasteiger partial charge in [-0.3, -0.25) is 4.79 Å². The fourth-order valence-electron chi connectivity index (χ4n) is 4.80. The molecule has 0 aliphatic carbocycles. The Morgan fingerprint density at radius 3 is 2.51 bits per heavy atom. The lowest BCUT2D eigenvalue weighted by molar-refractivity contribution is -0.126. The van der Waals surface area contributed by atoms with E-state index >= 15 is 0 Å². The molecule has 5 rings (SSSR count). The van der Waals surface area contributed by atoms with Gasteiger partial charge < -0.3 is 30.1 Å². The van der Waals surface area contributed by atoms with Crippen molar-refractivity contribution in [2.24, 2.45) is 0 Å². The zero-order valence-electron chi connectivity index (χ0n) is 22.1. The van der Waals surface area contributed by atoms with E-state index in [4.69, 9.17) is 16.3 Å². The predicted molar refractivity (Wildman–Crippen MR) is 156 cm³/mol. The van der Waals surface area contributed by atoms with Gasteiger partial charge in [0.2, 0.25) is 17.7 Å². The molecule has 0 bridgehead atoms. The largest absolute Gasteiger partial charge is 0.437 e. The summed E-state index contributed by atoms with van der Waals surface area (Å²) >= 11 is 6.37. The van der Waals surface area contributed by atoms with Crippen molar-refractivity contribution < 1.29 is 9.53 Å². The molecule has 10 heteroatoms. The Bertz CT molecular complexity index is 1290. The van der Waals surface area contributed by atoms with Crippen molar-refractivity contribution in [2.75, 3.05) is 61.8 Å². The van der Waals surface area contributed by atoms with Crippen molar-refractivity contribution in [1.82, 2.24) is 19.8 Å². The molecule has 3 aromatic rings. The molecule has 1 amide bonds. The Hall–Kier alpha value is -3.82. The molecule has 2 N–H and O–H groups in total. The molecule has 2 aromatic carbocycles. The van der Waals surface area contributed by atoms with Crippen LogP contribution in [0.1, 0.15) is 12.8 Å². The summed E-state index contributed by atoms with van der Waals surface area (Å²) < 4.78 is 6.05. The van der Waals surface area contributed by atoms with Crippen LogP contribution in [0, 0.1) is 0 Å². The van der Waals surface area contributed by atoms with Gasteiger partial charge in [0.05, 0.1) is 6.20 Å². The van der Waals surface area contributed by atoms with E-state index in [2.05, 4.69) is 56.2 Å². The topological polar surface area (TPSA) is 85.9 Å². The molecular formula is C29H34ClN7O2. The molecule has 3 heterocycles. The summed E-state index contributed by atoms with van der Waals surface area (Å²) in [6, 6.07) is 16.2. The minimum atomic E-state index is -0.0119. The summed E-state index contributed by atoms with van der Waals surface area (Å²) in [6.45, 7) is 9.18. The van der Waals surface area contributed by atoms with Gasteiger partial charge in [-0.25, -0.2) is 4.98 Å². The Labute approximate surface area is 234 Å². The van der Waals surface area contributed by atoms with E-state index in [0.717, 1.165) is 50.4 Å². The third-order valence-electron chi connectivity index (χ3n) is 7.10. The number of amides is 1. The molecule has 2 saturated heterocycles. The average Bonchev–Trinajstić information content (AvgIpc) is 2.96. The fraction of sp³-hybridized carbons (Fsp3) is 0.345. The monoisotopic (exact) mass is 547 g/mol. The van der Waals surface area contributed by atoms with E-state index in [1.54, 1.807) is 0 Å². The van der Waals surface area contributed by atoms with E-state index in [0.29, 0.717) is 29.8 Å². The molecule has 0 spiro atoms. The van der Waals surface area contributed by atoms with Gasteiger partial charge in [-0.05, 0) is 62.4 Å². The number of ether oxygens (including phenoxy) is 1. The summed E-state index contributed by atoms with van der Waals surface area (Å²) in [5.74, 6) is 1.28. The number of nitrogens with zero attached hydrogens (tertiary/aromatic N) is 5. The van der Waals surface area contributed by atoms with Crippen molar-refractivity contribution in [3.8, 4) is 11.6 Å². The molecule has 2 aliphatic rings. The van der Waals surface area contributed by atoms with Crippen LogP contribution in [-0.4, -0.2) is 78.0 Å². The number of anilines is 4. The maximum absolute atomic E-state index is 11.8. The molecule has 2 aliphatic heterocycles. The first-order chi connectivity index (χ1) is 19.0. The number of rotatable bonds is 8. The van der Waals surface area contributed by atoms with Gasteiger partial charge in [0, 0.05) is 68.4 Å². The zero-order chi connectivity index (χ0) is 27.2. The number of piperidine rings is 1. The minimum absolute atomic E-state index is 0.0119. The van der Waals surface area contributed by atoms with Crippen LogP contribution in [0.2, 0.25) is 5.02 Å². The number of likely N-dealkylation sites (N-methyl/N-ethyl adjacent to an activating group) is 1. The number of carbonyl (C=O) groups excluding carboxylic acids is 1. The van der Waals surface area contributed by atoms with E-state index < -0.39 is 0 Å². The number of nitrogens with one attached hydrogen (secondary N) is 2. The normalized spacial score (nSPS) is 16.6. The maximum atomic E-state index is 11.8. The van der Waals surface area contributed by atoms with Crippen LogP contribution in [-0.2, 0) is 4.79 Å². The van der Waals surface area contributed by atoms with Gasteiger partial charge in [0.1, 0.15) is 10.8 Å². The first kappa shape index (κ1) is 26.8. The second-order valence-electron chi connectivity index (χ2n) is 9.89. The summed E-state index contributed by atoms with van der Waals surface area (Å²) in [6.07, 6.45) is 4.64. The Balaban J connectivity index is 1.19. The SMILES string of the molecule is C=CC(=O)N1CCC(Nc2cccc(Oc3nc(Nc4ccc(N5CCN(C)CC5)cc4)ncc3Cl)c2)CC1. The number of hydrogen-bond donors (Lipinski definition) is 2. The highest BCUT2D eigenvalue weighted by atomic mass is 35.5. The van der Waals surface area contributed by atoms with Crippen LogP contribution in [0.5, 0.6) is 11.6 Å². The van der Waals surface area contributed by atoms with Gasteiger partial charge in [-0.2, -0.15) is 4.98 Å². The lowest BCUT2D eigenvalue weighted by atomic mass is 10.0. The number of likely N-dealkylation sites (tertiary alicyclic amines) is 1. The van der Waals surface area contributed by atoms with Crippen LogP contribution < -0.4 is 20.3 Å². The highest BCUT2D eigenvalue weighted by Gasteiger charge is 2.21. The van der Waals surface area contributed by atoms with Crippen LogP contribution in [0.15, 0.2) is 67.4 Å². The molecule has 0 radical (unpaired) electrons. The van der Waals surface area contributed by atoms with Crippen molar-refractivity contribution in [3.05, 3.63) is 72.4 Å². The van der Waals surface area contributed by atoms with Crippen LogP contribution in [0.25, 0.3) is 0 Å². The lowest BCUT2D eigenvalue weighted by Gasteiger charge is -2.34. The van der Waals surface area contributed by atoms with Crippen LogP contribution in [0.3, 0.4) is 0 Å². The Morgan fingerprint density at radius 2 is 1.79 bits per heavy atom. The second-order valence-corrected chi connectivity index (χ2v) is 10.3. The number of piperazine rings is 1. The first-order valence-corrected chi connectivity index (χ1v) is 13.6. The highest BCUT2D eigenvalue weighted by molar-refractivity contribution is 6.31. The highest BCUT2D eigenvalue weighted by Crippen LogP contribution is 2.30. The zero-order valence-corrected chi connectivity index (χ0v) is 22.9. The smallest absolute Gasteiger partial charge is 0.245 e. The van der Waals surface area contributed by atoms with Crippen molar-refractivity contribution in [1.29, 1.82) is 0 Å². The number of hydrogen-bond acceptors (Lipinski definition) is 8. The molecule has 9 nitrogen and oxygen atoms in total. The number of benzene rings is 2. The molecule has 0 atom stereocenters. The summed E-state index contributed by atoms with van der Waals surface area (Å²) in [5, 5.41) is 7.11. The van der Waals surface area contributed by atoms with Gasteiger partial charge in [0.15, 0.2) is 0 Å². The maximum Gasteiger partial charge on any atom is 0.245 e. The van der Waals surface area contributed by atoms with E-state index in [1.807, 2.05) is 41.3 Å². The molecule has 1 aromatic heterocycles.